The zero-order valence-electron chi connectivity index (χ0n) is 11.4. The first-order valence-electron chi connectivity index (χ1n) is 6.86. The van der Waals surface area contributed by atoms with Crippen LogP contribution in [-0.4, -0.2) is 5.78 Å². The number of benzene rings is 2. The second-order valence-electron chi connectivity index (χ2n) is 4.88. The highest BCUT2D eigenvalue weighted by Gasteiger charge is 2.22. The van der Waals surface area contributed by atoms with Crippen LogP contribution < -0.4 is 0 Å². The van der Waals surface area contributed by atoms with Gasteiger partial charge in [-0.3, -0.25) is 4.79 Å². The quantitative estimate of drug-likeness (QED) is 0.594. The number of hydrogen-bond donors (Lipinski definition) is 0. The van der Waals surface area contributed by atoms with Crippen LogP contribution in [0.4, 0.5) is 0 Å². The van der Waals surface area contributed by atoms with E-state index in [1.165, 1.54) is 4.70 Å². The van der Waals surface area contributed by atoms with E-state index in [0.29, 0.717) is 0 Å². The molecule has 20 heavy (non-hydrogen) atoms. The van der Waals surface area contributed by atoms with Gasteiger partial charge in [-0.05, 0) is 18.1 Å². The van der Waals surface area contributed by atoms with Crippen molar-refractivity contribution in [1.82, 2.24) is 0 Å². The van der Waals surface area contributed by atoms with E-state index in [0.717, 1.165) is 22.9 Å². The Labute approximate surface area is 122 Å². The molecule has 1 atom stereocenters. The first kappa shape index (κ1) is 13.1. The summed E-state index contributed by atoms with van der Waals surface area (Å²) in [5.74, 6) is 0.186. The van der Waals surface area contributed by atoms with Gasteiger partial charge < -0.3 is 0 Å². The standard InChI is InChI=1S/C18H16OS/c1-2-14(13-8-4-3-5-9-13)18(19)16-12-20-17-11-7-6-10-15(16)17/h3-12,14H,2H2,1H3. The van der Waals surface area contributed by atoms with Crippen molar-refractivity contribution in [3.8, 4) is 0 Å². The Morgan fingerprint density at radius 3 is 2.50 bits per heavy atom. The largest absolute Gasteiger partial charge is 0.293 e. The Bertz CT molecular complexity index is 727. The first-order valence-corrected chi connectivity index (χ1v) is 7.74. The minimum atomic E-state index is -0.0470. The number of hydrogen-bond acceptors (Lipinski definition) is 2. The SMILES string of the molecule is CCC(C(=O)c1csc2ccccc12)c1ccccc1. The lowest BCUT2D eigenvalue weighted by Crippen LogP contribution is -2.11. The molecule has 0 spiro atoms. The van der Waals surface area contributed by atoms with Gasteiger partial charge >= 0.3 is 0 Å². The van der Waals surface area contributed by atoms with Gasteiger partial charge in [0, 0.05) is 26.9 Å². The van der Waals surface area contributed by atoms with Crippen LogP contribution in [0.1, 0.15) is 35.2 Å². The molecule has 0 aliphatic heterocycles. The molecule has 2 aromatic carbocycles. The average Bonchev–Trinajstić information content (AvgIpc) is 2.93. The van der Waals surface area contributed by atoms with E-state index in [1.54, 1.807) is 11.3 Å². The van der Waals surface area contributed by atoms with Gasteiger partial charge in [-0.15, -0.1) is 11.3 Å². The second kappa shape index (κ2) is 5.59. The van der Waals surface area contributed by atoms with Gasteiger partial charge in [0.05, 0.1) is 0 Å². The number of Topliss-reactive ketones (excluding diaryl/α,β-unsaturated/α-hetero) is 1. The summed E-state index contributed by atoms with van der Waals surface area (Å²) >= 11 is 1.64. The highest BCUT2D eigenvalue weighted by Crippen LogP contribution is 2.31. The molecule has 3 rings (SSSR count). The van der Waals surface area contributed by atoms with Gasteiger partial charge in [0.15, 0.2) is 5.78 Å². The van der Waals surface area contributed by atoms with Crippen molar-refractivity contribution in [2.24, 2.45) is 0 Å². The third-order valence-electron chi connectivity index (χ3n) is 3.67. The summed E-state index contributed by atoms with van der Waals surface area (Å²) in [4.78, 5) is 12.9. The average molecular weight is 280 g/mol. The highest BCUT2D eigenvalue weighted by molar-refractivity contribution is 7.17. The molecule has 2 heteroatoms. The van der Waals surface area contributed by atoms with E-state index in [2.05, 4.69) is 13.0 Å². The smallest absolute Gasteiger partial charge is 0.171 e. The molecule has 3 aromatic rings. The highest BCUT2D eigenvalue weighted by atomic mass is 32.1. The van der Waals surface area contributed by atoms with Crippen LogP contribution in [0, 0.1) is 0 Å². The van der Waals surface area contributed by atoms with Crippen molar-refractivity contribution in [1.29, 1.82) is 0 Å². The van der Waals surface area contributed by atoms with E-state index in [9.17, 15) is 4.79 Å². The maximum atomic E-state index is 12.9. The summed E-state index contributed by atoms with van der Waals surface area (Å²) in [6, 6.07) is 18.2. The van der Waals surface area contributed by atoms with Crippen LogP contribution in [0.2, 0.25) is 0 Å². The molecule has 0 fully saturated rings. The zero-order chi connectivity index (χ0) is 13.9. The molecule has 1 aromatic heterocycles. The van der Waals surface area contributed by atoms with E-state index in [4.69, 9.17) is 0 Å². The molecule has 1 heterocycles. The molecule has 100 valence electrons. The molecular formula is C18H16OS. The lowest BCUT2D eigenvalue weighted by molar-refractivity contribution is 0.0959. The lowest BCUT2D eigenvalue weighted by Gasteiger charge is -2.13. The molecule has 0 N–H and O–H groups in total. The molecule has 0 saturated heterocycles. The molecule has 0 aliphatic rings. The molecule has 0 aliphatic carbocycles. The summed E-state index contributed by atoms with van der Waals surface area (Å²) in [7, 11) is 0. The van der Waals surface area contributed by atoms with Gasteiger partial charge in [0.1, 0.15) is 0 Å². The molecular weight excluding hydrogens is 264 g/mol. The monoisotopic (exact) mass is 280 g/mol. The Hall–Kier alpha value is -1.93. The fourth-order valence-corrected chi connectivity index (χ4v) is 3.56. The summed E-state index contributed by atoms with van der Waals surface area (Å²) < 4.78 is 1.18. The minimum absolute atomic E-state index is 0.0470. The number of carbonyl (C=O) groups excluding carboxylic acids is 1. The third kappa shape index (κ3) is 2.27. The Morgan fingerprint density at radius 2 is 1.75 bits per heavy atom. The fourth-order valence-electron chi connectivity index (χ4n) is 2.61. The number of thiophene rings is 1. The fraction of sp³-hybridized carbons (Fsp3) is 0.167. The molecule has 1 unspecified atom stereocenters. The van der Waals surface area contributed by atoms with Gasteiger partial charge in [-0.25, -0.2) is 0 Å². The van der Waals surface area contributed by atoms with Crippen LogP contribution in [0.5, 0.6) is 0 Å². The second-order valence-corrected chi connectivity index (χ2v) is 5.79. The predicted molar refractivity (Wildman–Crippen MR) is 85.6 cm³/mol. The van der Waals surface area contributed by atoms with Crippen molar-refractivity contribution < 1.29 is 4.79 Å². The molecule has 0 amide bonds. The van der Waals surface area contributed by atoms with Crippen molar-refractivity contribution >= 4 is 27.2 Å². The van der Waals surface area contributed by atoms with E-state index < -0.39 is 0 Å². The lowest BCUT2D eigenvalue weighted by atomic mass is 9.88. The van der Waals surface area contributed by atoms with E-state index in [1.807, 2.05) is 53.9 Å². The summed E-state index contributed by atoms with van der Waals surface area (Å²) in [5, 5.41) is 3.08. The summed E-state index contributed by atoms with van der Waals surface area (Å²) in [6.07, 6.45) is 0.826. The zero-order valence-corrected chi connectivity index (χ0v) is 12.2. The van der Waals surface area contributed by atoms with Crippen molar-refractivity contribution in [2.45, 2.75) is 19.3 Å². The molecule has 1 nitrogen and oxygen atoms in total. The number of rotatable bonds is 4. The topological polar surface area (TPSA) is 17.1 Å². The number of ketones is 1. The maximum Gasteiger partial charge on any atom is 0.171 e. The minimum Gasteiger partial charge on any atom is -0.293 e. The number of fused-ring (bicyclic) bond motifs is 1. The van der Waals surface area contributed by atoms with Gasteiger partial charge in [-0.1, -0.05) is 55.5 Å². The van der Waals surface area contributed by atoms with Gasteiger partial charge in [0.25, 0.3) is 0 Å². The molecule has 0 saturated carbocycles. The summed E-state index contributed by atoms with van der Waals surface area (Å²) in [6.45, 7) is 2.07. The van der Waals surface area contributed by atoms with Crippen LogP contribution in [0.25, 0.3) is 10.1 Å². The number of carbonyl (C=O) groups is 1. The predicted octanol–water partition coefficient (Wildman–Crippen LogP) is 5.28. The van der Waals surface area contributed by atoms with E-state index in [-0.39, 0.29) is 11.7 Å². The molecule has 0 bridgehead atoms. The van der Waals surface area contributed by atoms with Crippen molar-refractivity contribution in [2.75, 3.05) is 0 Å². The first-order chi connectivity index (χ1) is 9.81. The Balaban J connectivity index is 2.03. The Morgan fingerprint density at radius 1 is 1.05 bits per heavy atom. The normalized spacial score (nSPS) is 12.4. The maximum absolute atomic E-state index is 12.9. The third-order valence-corrected chi connectivity index (χ3v) is 4.64. The molecule has 0 radical (unpaired) electrons. The van der Waals surface area contributed by atoms with Crippen LogP contribution in [0.3, 0.4) is 0 Å². The van der Waals surface area contributed by atoms with Crippen LogP contribution in [-0.2, 0) is 0 Å². The van der Waals surface area contributed by atoms with Crippen molar-refractivity contribution in [3.05, 3.63) is 71.1 Å². The van der Waals surface area contributed by atoms with Gasteiger partial charge in [-0.2, -0.15) is 0 Å². The van der Waals surface area contributed by atoms with Gasteiger partial charge in [0.2, 0.25) is 0 Å². The van der Waals surface area contributed by atoms with Crippen molar-refractivity contribution in [3.63, 3.8) is 0 Å². The van der Waals surface area contributed by atoms with Crippen LogP contribution >= 0.6 is 11.3 Å². The van der Waals surface area contributed by atoms with Crippen LogP contribution in [0.15, 0.2) is 60.0 Å². The summed E-state index contributed by atoms with van der Waals surface area (Å²) in [5.41, 5.74) is 1.97. The van der Waals surface area contributed by atoms with E-state index >= 15 is 0 Å². The Kier molecular flexibility index (Phi) is 3.66.